The number of nitrogens with one attached hydrogen (secondary N) is 1. The summed E-state index contributed by atoms with van der Waals surface area (Å²) < 4.78 is 29.4. The molecule has 0 saturated heterocycles. The quantitative estimate of drug-likeness (QED) is 0.294. The number of nitrogens with zero attached hydrogens (tertiary/aromatic N) is 2. The van der Waals surface area contributed by atoms with Crippen molar-refractivity contribution in [1.82, 2.24) is 10.2 Å². The van der Waals surface area contributed by atoms with E-state index >= 15 is 0 Å². The number of halogens is 3. The molecule has 2 amide bonds. The molecule has 1 atom stereocenters. The summed E-state index contributed by atoms with van der Waals surface area (Å²) in [7, 11) is -4.21. The van der Waals surface area contributed by atoms with Crippen LogP contribution in [0.3, 0.4) is 0 Å². The van der Waals surface area contributed by atoms with Gasteiger partial charge in [0.15, 0.2) is 0 Å². The predicted octanol–water partition coefficient (Wildman–Crippen LogP) is 6.28. The van der Waals surface area contributed by atoms with Crippen LogP contribution >= 0.6 is 39.1 Å². The zero-order valence-electron chi connectivity index (χ0n) is 22.0. The van der Waals surface area contributed by atoms with Crippen molar-refractivity contribution in [2.24, 2.45) is 0 Å². The lowest BCUT2D eigenvalue weighted by Gasteiger charge is -2.33. The van der Waals surface area contributed by atoms with Crippen molar-refractivity contribution >= 4 is 66.7 Å². The van der Waals surface area contributed by atoms with E-state index in [-0.39, 0.29) is 33.1 Å². The third-order valence-corrected chi connectivity index (χ3v) is 8.43. The van der Waals surface area contributed by atoms with Crippen molar-refractivity contribution in [3.8, 4) is 0 Å². The molecule has 0 spiro atoms. The molecule has 208 valence electrons. The number of anilines is 1. The van der Waals surface area contributed by atoms with Gasteiger partial charge in [-0.15, -0.1) is 0 Å². The van der Waals surface area contributed by atoms with Crippen molar-refractivity contribution in [2.45, 2.75) is 50.7 Å². The number of hydrogen-bond acceptors (Lipinski definition) is 4. The van der Waals surface area contributed by atoms with Crippen molar-refractivity contribution in [2.75, 3.05) is 10.8 Å². The van der Waals surface area contributed by atoms with Gasteiger partial charge in [0, 0.05) is 26.6 Å². The molecule has 0 aliphatic heterocycles. The maximum absolute atomic E-state index is 13.9. The molecule has 1 N–H and O–H groups in total. The zero-order chi connectivity index (χ0) is 29.0. The molecule has 0 aromatic heterocycles. The Hall–Kier alpha value is -2.59. The first-order chi connectivity index (χ1) is 18.2. The van der Waals surface area contributed by atoms with E-state index < -0.39 is 34.1 Å². The normalized spacial score (nSPS) is 12.5. The van der Waals surface area contributed by atoms with Crippen LogP contribution in [0.5, 0.6) is 0 Å². The smallest absolute Gasteiger partial charge is 0.264 e. The van der Waals surface area contributed by atoms with Gasteiger partial charge in [-0.25, -0.2) is 8.42 Å². The topological polar surface area (TPSA) is 86.8 Å². The number of carbonyl (C=O) groups excluding carboxylic acids is 2. The number of hydrogen-bond donors (Lipinski definition) is 1. The van der Waals surface area contributed by atoms with Gasteiger partial charge in [-0.05, 0) is 75.7 Å². The minimum atomic E-state index is -4.21. The highest BCUT2D eigenvalue weighted by Gasteiger charge is 2.33. The molecule has 11 heteroatoms. The zero-order valence-corrected chi connectivity index (χ0v) is 25.9. The predicted molar refractivity (Wildman–Crippen MR) is 159 cm³/mol. The number of amides is 2. The highest BCUT2D eigenvalue weighted by molar-refractivity contribution is 9.10. The van der Waals surface area contributed by atoms with Gasteiger partial charge in [-0.3, -0.25) is 13.9 Å². The minimum Gasteiger partial charge on any atom is -0.350 e. The average Bonchev–Trinajstić information content (AvgIpc) is 2.85. The van der Waals surface area contributed by atoms with E-state index in [0.717, 1.165) is 14.3 Å². The van der Waals surface area contributed by atoms with E-state index in [1.54, 1.807) is 25.1 Å². The van der Waals surface area contributed by atoms with E-state index in [0.29, 0.717) is 0 Å². The molecule has 0 radical (unpaired) electrons. The second-order valence-electron chi connectivity index (χ2n) is 10.0. The van der Waals surface area contributed by atoms with Crippen LogP contribution < -0.4 is 9.62 Å². The van der Waals surface area contributed by atoms with Gasteiger partial charge in [0.1, 0.15) is 12.6 Å². The van der Waals surface area contributed by atoms with Crippen LogP contribution in [-0.4, -0.2) is 43.3 Å². The summed E-state index contributed by atoms with van der Waals surface area (Å²) in [5.41, 5.74) is 0.364. The first-order valence-corrected chi connectivity index (χ1v) is 15.1. The molecule has 0 bridgehead atoms. The molecular weight excluding hydrogens is 625 g/mol. The number of sulfonamides is 1. The van der Waals surface area contributed by atoms with E-state index in [1.807, 2.05) is 45.0 Å². The van der Waals surface area contributed by atoms with Crippen LogP contribution in [0.2, 0.25) is 10.0 Å². The van der Waals surface area contributed by atoms with Gasteiger partial charge < -0.3 is 10.2 Å². The fourth-order valence-electron chi connectivity index (χ4n) is 3.77. The van der Waals surface area contributed by atoms with Crippen LogP contribution in [0, 0.1) is 0 Å². The van der Waals surface area contributed by atoms with Crippen LogP contribution in [0.1, 0.15) is 33.3 Å². The van der Waals surface area contributed by atoms with Crippen molar-refractivity contribution in [3.05, 3.63) is 92.9 Å². The lowest BCUT2D eigenvalue weighted by molar-refractivity contribution is -0.140. The van der Waals surface area contributed by atoms with Crippen molar-refractivity contribution in [1.29, 1.82) is 0 Å². The Balaban J connectivity index is 2.05. The maximum Gasteiger partial charge on any atom is 0.264 e. The lowest BCUT2D eigenvalue weighted by atomic mass is 10.1. The first-order valence-electron chi connectivity index (χ1n) is 12.1. The molecule has 7 nitrogen and oxygen atoms in total. The third kappa shape index (κ3) is 8.45. The van der Waals surface area contributed by atoms with Gasteiger partial charge in [0.2, 0.25) is 11.8 Å². The highest BCUT2D eigenvalue weighted by atomic mass is 79.9. The Morgan fingerprint density at radius 1 is 0.949 bits per heavy atom. The van der Waals surface area contributed by atoms with Gasteiger partial charge in [-0.1, -0.05) is 69.5 Å². The Labute approximate surface area is 248 Å². The van der Waals surface area contributed by atoms with Gasteiger partial charge in [0.25, 0.3) is 10.0 Å². The third-order valence-electron chi connectivity index (χ3n) is 5.68. The summed E-state index contributed by atoms with van der Waals surface area (Å²) in [5.74, 6) is -0.943. The molecule has 0 aliphatic carbocycles. The summed E-state index contributed by atoms with van der Waals surface area (Å²) in [6, 6.07) is 18.5. The first kappa shape index (κ1) is 30.9. The van der Waals surface area contributed by atoms with E-state index in [4.69, 9.17) is 23.2 Å². The largest absolute Gasteiger partial charge is 0.350 e. The van der Waals surface area contributed by atoms with Crippen LogP contribution in [0.4, 0.5) is 5.69 Å². The Kier molecular flexibility index (Phi) is 10.1. The second-order valence-corrected chi connectivity index (χ2v) is 13.7. The summed E-state index contributed by atoms with van der Waals surface area (Å²) in [4.78, 5) is 28.4. The summed E-state index contributed by atoms with van der Waals surface area (Å²) in [5, 5.41) is 3.32. The fourth-order valence-corrected chi connectivity index (χ4v) is 5.97. The van der Waals surface area contributed by atoms with Gasteiger partial charge in [-0.2, -0.15) is 0 Å². The summed E-state index contributed by atoms with van der Waals surface area (Å²) in [6.45, 7) is 6.64. The monoisotopic (exact) mass is 653 g/mol. The standard InChI is InChI=1S/C28H30BrCl2N3O4S/c1-19(27(36)32-28(2,3)4)33(17-20-10-12-21(29)13-11-20)26(35)18-34(24-15-22(30)14-23(31)16-24)39(37,38)25-8-6-5-7-9-25/h5-16,19H,17-18H2,1-4H3,(H,32,36). The molecule has 3 aromatic carbocycles. The highest BCUT2D eigenvalue weighted by Crippen LogP contribution is 2.30. The Morgan fingerprint density at radius 2 is 1.51 bits per heavy atom. The molecule has 3 rings (SSSR count). The van der Waals surface area contributed by atoms with Gasteiger partial charge >= 0.3 is 0 Å². The fraction of sp³-hybridized carbons (Fsp3) is 0.286. The molecule has 39 heavy (non-hydrogen) atoms. The SMILES string of the molecule is CC(C(=O)NC(C)(C)C)N(Cc1ccc(Br)cc1)C(=O)CN(c1cc(Cl)cc(Cl)c1)S(=O)(=O)c1ccccc1. The molecule has 0 aliphatic rings. The molecule has 0 fully saturated rings. The van der Waals surface area contributed by atoms with Crippen molar-refractivity contribution < 1.29 is 18.0 Å². The van der Waals surface area contributed by atoms with E-state index in [2.05, 4.69) is 21.2 Å². The Bertz CT molecular complexity index is 1410. The number of benzene rings is 3. The molecule has 0 heterocycles. The minimum absolute atomic E-state index is 0.00752. The van der Waals surface area contributed by atoms with E-state index in [1.165, 1.54) is 35.2 Å². The van der Waals surface area contributed by atoms with Crippen LogP contribution in [0.15, 0.2) is 82.2 Å². The summed E-state index contributed by atoms with van der Waals surface area (Å²) in [6.07, 6.45) is 0. The van der Waals surface area contributed by atoms with Crippen LogP contribution in [-0.2, 0) is 26.2 Å². The lowest BCUT2D eigenvalue weighted by Crippen LogP contribution is -2.54. The molecule has 0 saturated carbocycles. The molecule has 1 unspecified atom stereocenters. The molecule has 3 aromatic rings. The van der Waals surface area contributed by atoms with Crippen molar-refractivity contribution in [3.63, 3.8) is 0 Å². The second kappa shape index (κ2) is 12.7. The summed E-state index contributed by atoms with van der Waals surface area (Å²) >= 11 is 15.8. The number of rotatable bonds is 9. The molecular formula is C28H30BrCl2N3O4S. The van der Waals surface area contributed by atoms with E-state index in [9.17, 15) is 18.0 Å². The average molecular weight is 655 g/mol. The van der Waals surface area contributed by atoms with Gasteiger partial charge in [0.05, 0.1) is 10.6 Å². The maximum atomic E-state index is 13.9. The Morgan fingerprint density at radius 3 is 2.05 bits per heavy atom. The number of carbonyl (C=O) groups is 2. The van der Waals surface area contributed by atoms with Crippen LogP contribution in [0.25, 0.3) is 0 Å².